The van der Waals surface area contributed by atoms with Crippen molar-refractivity contribution >= 4 is 21.6 Å². The lowest BCUT2D eigenvalue weighted by molar-refractivity contribution is -0.116. The number of rotatable bonds is 3. The number of hydrogen-bond donors (Lipinski definition) is 1. The number of benzene rings is 1. The molecular weight excluding hydrogens is 314 g/mol. The molecule has 7 heteroatoms. The van der Waals surface area contributed by atoms with Gasteiger partial charge in [-0.3, -0.25) is 4.79 Å². The molecule has 0 saturated carbocycles. The van der Waals surface area contributed by atoms with Crippen LogP contribution in [0.1, 0.15) is 19.4 Å². The molecular formula is C16H23N3O3S. The summed E-state index contributed by atoms with van der Waals surface area (Å²) in [6, 6.07) is 4.96. The third kappa shape index (κ3) is 3.13. The molecule has 2 aliphatic heterocycles. The summed E-state index contributed by atoms with van der Waals surface area (Å²) < 4.78 is 28.1. The van der Waals surface area contributed by atoms with Gasteiger partial charge in [0, 0.05) is 38.3 Å². The smallest absolute Gasteiger partial charge is 0.240 e. The Balaban J connectivity index is 1.83. The van der Waals surface area contributed by atoms with E-state index in [1.54, 1.807) is 23.1 Å². The summed E-state index contributed by atoms with van der Waals surface area (Å²) in [4.78, 5) is 15.7. The SMILES string of the molecule is CC(=O)N1CCc2cc(S(=O)(=O)N[C@H]3CN(C)C[C@H]3C)ccc21. The Morgan fingerprint density at radius 3 is 2.65 bits per heavy atom. The van der Waals surface area contributed by atoms with Crippen molar-refractivity contribution in [1.29, 1.82) is 0 Å². The molecule has 0 spiro atoms. The minimum absolute atomic E-state index is 0.0136. The van der Waals surface area contributed by atoms with Crippen LogP contribution in [-0.2, 0) is 21.2 Å². The van der Waals surface area contributed by atoms with Gasteiger partial charge in [0.2, 0.25) is 15.9 Å². The molecule has 0 radical (unpaired) electrons. The number of anilines is 1. The molecule has 6 nitrogen and oxygen atoms in total. The van der Waals surface area contributed by atoms with Gasteiger partial charge in [0.25, 0.3) is 0 Å². The van der Waals surface area contributed by atoms with Crippen molar-refractivity contribution in [3.8, 4) is 0 Å². The average molecular weight is 337 g/mol. The van der Waals surface area contributed by atoms with Crippen molar-refractivity contribution < 1.29 is 13.2 Å². The summed E-state index contributed by atoms with van der Waals surface area (Å²) in [7, 11) is -1.54. The number of amides is 1. The standard InChI is InChI=1S/C16H23N3O3S/c1-11-9-18(3)10-15(11)17-23(21,22)14-4-5-16-13(8-14)6-7-19(16)12(2)20/h4-5,8,11,15,17H,6-7,9-10H2,1-3H3/t11-,15+/m1/s1. The molecule has 2 atom stereocenters. The van der Waals surface area contributed by atoms with E-state index >= 15 is 0 Å². The molecule has 2 heterocycles. The van der Waals surface area contributed by atoms with Crippen LogP contribution in [-0.4, -0.2) is 51.9 Å². The fourth-order valence-electron chi connectivity index (χ4n) is 3.50. The first-order valence-electron chi connectivity index (χ1n) is 7.90. The third-order valence-corrected chi connectivity index (χ3v) is 6.23. The van der Waals surface area contributed by atoms with Crippen LogP contribution in [0, 0.1) is 5.92 Å². The van der Waals surface area contributed by atoms with Gasteiger partial charge in [-0.1, -0.05) is 6.92 Å². The number of likely N-dealkylation sites (N-methyl/N-ethyl adjacent to an activating group) is 1. The van der Waals surface area contributed by atoms with Crippen LogP contribution in [0.25, 0.3) is 0 Å². The lowest BCUT2D eigenvalue weighted by atomic mass is 10.1. The van der Waals surface area contributed by atoms with E-state index in [9.17, 15) is 13.2 Å². The summed E-state index contributed by atoms with van der Waals surface area (Å²) in [5.41, 5.74) is 1.74. The van der Waals surface area contributed by atoms with Crippen molar-refractivity contribution in [2.75, 3.05) is 31.6 Å². The van der Waals surface area contributed by atoms with E-state index in [0.29, 0.717) is 13.0 Å². The Hall–Kier alpha value is -1.44. The van der Waals surface area contributed by atoms with Gasteiger partial charge >= 0.3 is 0 Å². The van der Waals surface area contributed by atoms with Crippen molar-refractivity contribution in [2.24, 2.45) is 5.92 Å². The Kier molecular flexibility index (Phi) is 4.20. The number of fused-ring (bicyclic) bond motifs is 1. The molecule has 3 rings (SSSR count). The van der Waals surface area contributed by atoms with Crippen LogP contribution >= 0.6 is 0 Å². The van der Waals surface area contributed by atoms with E-state index in [2.05, 4.69) is 16.5 Å². The maximum Gasteiger partial charge on any atom is 0.240 e. The monoisotopic (exact) mass is 337 g/mol. The molecule has 1 aromatic carbocycles. The number of sulfonamides is 1. The minimum atomic E-state index is -3.54. The van der Waals surface area contributed by atoms with Crippen LogP contribution in [0.5, 0.6) is 0 Å². The largest absolute Gasteiger partial charge is 0.312 e. The van der Waals surface area contributed by atoms with Gasteiger partial charge < -0.3 is 9.80 Å². The normalized spacial score (nSPS) is 24.9. The van der Waals surface area contributed by atoms with Crippen LogP contribution in [0.4, 0.5) is 5.69 Å². The Bertz CT molecular complexity index is 732. The maximum atomic E-state index is 12.6. The van der Waals surface area contributed by atoms with Crippen LogP contribution in [0.15, 0.2) is 23.1 Å². The highest BCUT2D eigenvalue weighted by Gasteiger charge is 2.32. The van der Waals surface area contributed by atoms with Crippen molar-refractivity contribution in [3.05, 3.63) is 23.8 Å². The van der Waals surface area contributed by atoms with Gasteiger partial charge in [-0.25, -0.2) is 13.1 Å². The molecule has 1 amide bonds. The lowest BCUT2D eigenvalue weighted by Gasteiger charge is -2.18. The van der Waals surface area contributed by atoms with Crippen LogP contribution < -0.4 is 9.62 Å². The molecule has 2 aliphatic rings. The lowest BCUT2D eigenvalue weighted by Crippen LogP contribution is -2.39. The second-order valence-corrected chi connectivity index (χ2v) is 8.35. The van der Waals surface area contributed by atoms with Gasteiger partial charge in [0.1, 0.15) is 0 Å². The Labute approximate surface area is 137 Å². The highest BCUT2D eigenvalue weighted by molar-refractivity contribution is 7.89. The predicted octanol–water partition coefficient (Wildman–Crippen LogP) is 0.824. The number of carbonyl (C=O) groups excluding carboxylic acids is 1. The van der Waals surface area contributed by atoms with Crippen molar-refractivity contribution in [3.63, 3.8) is 0 Å². The predicted molar refractivity (Wildman–Crippen MR) is 88.9 cm³/mol. The molecule has 23 heavy (non-hydrogen) atoms. The molecule has 1 aromatic rings. The molecule has 0 unspecified atom stereocenters. The van der Waals surface area contributed by atoms with E-state index < -0.39 is 10.0 Å². The van der Waals surface area contributed by atoms with Gasteiger partial charge in [0.05, 0.1) is 4.90 Å². The molecule has 0 bridgehead atoms. The number of hydrogen-bond acceptors (Lipinski definition) is 4. The summed E-state index contributed by atoms with van der Waals surface area (Å²) >= 11 is 0. The number of nitrogens with zero attached hydrogens (tertiary/aromatic N) is 2. The molecule has 1 fully saturated rings. The first-order valence-corrected chi connectivity index (χ1v) is 9.38. The Morgan fingerprint density at radius 2 is 2.04 bits per heavy atom. The number of likely N-dealkylation sites (tertiary alicyclic amines) is 1. The fraction of sp³-hybridized carbons (Fsp3) is 0.562. The van der Waals surface area contributed by atoms with Crippen LogP contribution in [0.3, 0.4) is 0 Å². The van der Waals surface area contributed by atoms with Crippen molar-refractivity contribution in [2.45, 2.75) is 31.2 Å². The topological polar surface area (TPSA) is 69.7 Å². The van der Waals surface area contributed by atoms with E-state index in [1.165, 1.54) is 6.92 Å². The number of nitrogens with one attached hydrogen (secondary N) is 1. The first kappa shape index (κ1) is 16.4. The van der Waals surface area contributed by atoms with Crippen molar-refractivity contribution in [1.82, 2.24) is 9.62 Å². The molecule has 1 N–H and O–H groups in total. The van der Waals surface area contributed by atoms with E-state index in [1.807, 2.05) is 7.05 Å². The number of carbonyl (C=O) groups is 1. The fourth-order valence-corrected chi connectivity index (χ4v) is 4.89. The first-order chi connectivity index (χ1) is 10.8. The summed E-state index contributed by atoms with van der Waals surface area (Å²) in [5.74, 6) is 0.276. The quantitative estimate of drug-likeness (QED) is 0.887. The second kappa shape index (κ2) is 5.89. The summed E-state index contributed by atoms with van der Waals surface area (Å²) in [6.07, 6.45) is 0.695. The Morgan fingerprint density at radius 1 is 1.30 bits per heavy atom. The van der Waals surface area contributed by atoms with Gasteiger partial charge in [-0.15, -0.1) is 0 Å². The maximum absolute atomic E-state index is 12.6. The zero-order chi connectivity index (χ0) is 16.8. The van der Waals surface area contributed by atoms with Gasteiger partial charge in [0.15, 0.2) is 0 Å². The van der Waals surface area contributed by atoms with Gasteiger partial charge in [-0.2, -0.15) is 0 Å². The second-order valence-electron chi connectivity index (χ2n) is 6.64. The summed E-state index contributed by atoms with van der Waals surface area (Å²) in [5, 5.41) is 0. The highest BCUT2D eigenvalue weighted by Crippen LogP contribution is 2.30. The van der Waals surface area contributed by atoms with Crippen LogP contribution in [0.2, 0.25) is 0 Å². The van der Waals surface area contributed by atoms with E-state index in [4.69, 9.17) is 0 Å². The molecule has 0 aliphatic carbocycles. The van der Waals surface area contributed by atoms with E-state index in [0.717, 1.165) is 24.3 Å². The molecule has 1 saturated heterocycles. The third-order valence-electron chi connectivity index (χ3n) is 4.74. The zero-order valence-corrected chi connectivity index (χ0v) is 14.6. The minimum Gasteiger partial charge on any atom is -0.312 e. The highest BCUT2D eigenvalue weighted by atomic mass is 32.2. The van der Waals surface area contributed by atoms with Gasteiger partial charge in [-0.05, 0) is 43.1 Å². The van der Waals surface area contributed by atoms with E-state index in [-0.39, 0.29) is 22.8 Å². The summed E-state index contributed by atoms with van der Waals surface area (Å²) in [6.45, 7) is 5.82. The molecule has 126 valence electrons. The average Bonchev–Trinajstić information content (AvgIpc) is 3.01. The molecule has 0 aromatic heterocycles. The zero-order valence-electron chi connectivity index (χ0n) is 13.7.